The van der Waals surface area contributed by atoms with Crippen LogP contribution in [0.3, 0.4) is 0 Å². The van der Waals surface area contributed by atoms with Gasteiger partial charge in [-0.05, 0) is 31.2 Å². The van der Waals surface area contributed by atoms with Crippen LogP contribution in [-0.4, -0.2) is 35.6 Å². The number of benzene rings is 1. The van der Waals surface area contributed by atoms with E-state index in [1.54, 1.807) is 11.8 Å². The molecule has 2 heterocycles. The minimum atomic E-state index is -0.106. The van der Waals surface area contributed by atoms with E-state index in [9.17, 15) is 4.79 Å². The average Bonchev–Trinajstić information content (AvgIpc) is 3.10. The molecule has 0 atom stereocenters. The molecule has 0 unspecified atom stereocenters. The van der Waals surface area contributed by atoms with E-state index in [2.05, 4.69) is 15.4 Å². The molecule has 0 aliphatic carbocycles. The van der Waals surface area contributed by atoms with Gasteiger partial charge in [-0.3, -0.25) is 14.8 Å². The molecule has 1 aromatic carbocycles. The van der Waals surface area contributed by atoms with Crippen LogP contribution in [0.5, 0.6) is 0 Å². The van der Waals surface area contributed by atoms with Crippen LogP contribution in [0.1, 0.15) is 23.7 Å². The summed E-state index contributed by atoms with van der Waals surface area (Å²) in [5.74, 6) is 0.840. The normalized spacial score (nSPS) is 17.9. The summed E-state index contributed by atoms with van der Waals surface area (Å²) in [6.45, 7) is 3.72. The van der Waals surface area contributed by atoms with E-state index in [4.69, 9.17) is 0 Å². The summed E-state index contributed by atoms with van der Waals surface area (Å²) in [6.07, 6.45) is 0.999. The lowest BCUT2D eigenvalue weighted by Crippen LogP contribution is -2.27. The minimum absolute atomic E-state index is 0.106. The summed E-state index contributed by atoms with van der Waals surface area (Å²) < 4.78 is 0. The van der Waals surface area contributed by atoms with Crippen LogP contribution in [0.4, 0.5) is 5.69 Å². The third-order valence-electron chi connectivity index (χ3n) is 3.21. The van der Waals surface area contributed by atoms with Crippen LogP contribution in [-0.2, 0) is 0 Å². The van der Waals surface area contributed by atoms with E-state index < -0.39 is 0 Å². The Morgan fingerprint density at radius 1 is 1.35 bits per heavy atom. The number of anilines is 1. The first-order valence-electron chi connectivity index (χ1n) is 6.63. The topological polar surface area (TPSA) is 57.1 Å². The number of nitrogens with one attached hydrogen (secondary N) is 1. The molecule has 1 N–H and O–H groups in total. The molecular weight excluding hydrogens is 272 g/mol. The largest absolute Gasteiger partial charge is 0.301 e. The minimum Gasteiger partial charge on any atom is -0.301 e. The zero-order valence-electron chi connectivity index (χ0n) is 11.3. The van der Waals surface area contributed by atoms with Gasteiger partial charge in [-0.25, -0.2) is 0 Å². The zero-order valence-corrected chi connectivity index (χ0v) is 12.1. The molecule has 1 aromatic rings. The number of nitrogens with zero attached hydrogens (tertiary/aromatic N) is 3. The van der Waals surface area contributed by atoms with Gasteiger partial charge < -0.3 is 5.32 Å². The lowest BCUT2D eigenvalue weighted by atomic mass is 10.2. The van der Waals surface area contributed by atoms with E-state index in [-0.39, 0.29) is 5.91 Å². The quantitative estimate of drug-likeness (QED) is 0.906. The maximum absolute atomic E-state index is 12.0. The van der Waals surface area contributed by atoms with Crippen molar-refractivity contribution in [2.45, 2.75) is 13.3 Å². The molecule has 2 aliphatic rings. The first kappa shape index (κ1) is 13.2. The first-order valence-corrected chi connectivity index (χ1v) is 7.61. The van der Waals surface area contributed by atoms with Crippen LogP contribution < -0.4 is 10.3 Å². The van der Waals surface area contributed by atoms with Gasteiger partial charge in [0.25, 0.3) is 5.91 Å². The predicted octanol–water partition coefficient (Wildman–Crippen LogP) is 2.11. The highest BCUT2D eigenvalue weighted by molar-refractivity contribution is 8.14. The molecule has 0 saturated heterocycles. The van der Waals surface area contributed by atoms with E-state index in [0.717, 1.165) is 41.8 Å². The third kappa shape index (κ3) is 2.85. The second kappa shape index (κ2) is 5.66. The molecule has 0 saturated carbocycles. The molecule has 0 radical (unpaired) electrons. The highest BCUT2D eigenvalue weighted by Gasteiger charge is 2.15. The van der Waals surface area contributed by atoms with Gasteiger partial charge in [-0.2, -0.15) is 5.10 Å². The number of carbonyl (C=O) groups excluding carboxylic acids is 1. The molecule has 3 rings (SSSR count). The van der Waals surface area contributed by atoms with Crippen LogP contribution >= 0.6 is 11.8 Å². The molecule has 0 spiro atoms. The molecule has 20 heavy (non-hydrogen) atoms. The standard InChI is InChI=1S/C14H16N4OS/c1-10-6-8-18(17-10)12-4-2-11(3-5-12)13(19)16-14-15-7-9-20-14/h2-5H,6-9H2,1H3,(H,15,16,19). The van der Waals surface area contributed by atoms with Crippen LogP contribution in [0, 0.1) is 0 Å². The summed E-state index contributed by atoms with van der Waals surface area (Å²) in [7, 11) is 0. The van der Waals surface area contributed by atoms with Crippen molar-refractivity contribution < 1.29 is 4.79 Å². The fourth-order valence-corrected chi connectivity index (χ4v) is 2.85. The van der Waals surface area contributed by atoms with Crippen LogP contribution in [0.15, 0.2) is 34.4 Å². The molecule has 0 aromatic heterocycles. The molecule has 0 bridgehead atoms. The van der Waals surface area contributed by atoms with Crippen molar-refractivity contribution in [3.8, 4) is 0 Å². The number of hydrogen-bond acceptors (Lipinski definition) is 5. The predicted molar refractivity (Wildman–Crippen MR) is 83.7 cm³/mol. The van der Waals surface area contributed by atoms with Crippen molar-refractivity contribution in [3.63, 3.8) is 0 Å². The van der Waals surface area contributed by atoms with Gasteiger partial charge in [0.15, 0.2) is 5.17 Å². The molecule has 104 valence electrons. The number of thioether (sulfide) groups is 1. The maximum Gasteiger partial charge on any atom is 0.257 e. The second-order valence-electron chi connectivity index (χ2n) is 4.74. The van der Waals surface area contributed by atoms with E-state index in [0.29, 0.717) is 5.56 Å². The number of amides is 1. The number of rotatable bonds is 2. The lowest BCUT2D eigenvalue weighted by molar-refractivity contribution is 0.0978. The number of amidine groups is 1. The molecular formula is C14H16N4OS. The average molecular weight is 288 g/mol. The summed E-state index contributed by atoms with van der Waals surface area (Å²) in [5, 5.41) is 9.95. The van der Waals surface area contributed by atoms with Crippen molar-refractivity contribution in [1.82, 2.24) is 5.32 Å². The smallest absolute Gasteiger partial charge is 0.257 e. The Hall–Kier alpha value is -1.82. The monoisotopic (exact) mass is 288 g/mol. The van der Waals surface area contributed by atoms with Gasteiger partial charge in [0.05, 0.1) is 12.2 Å². The van der Waals surface area contributed by atoms with Crippen molar-refractivity contribution >= 4 is 34.2 Å². The van der Waals surface area contributed by atoms with E-state index in [1.165, 1.54) is 0 Å². The Kier molecular flexibility index (Phi) is 3.73. The maximum atomic E-state index is 12.0. The molecule has 1 amide bonds. The first-order chi connectivity index (χ1) is 9.72. The zero-order chi connectivity index (χ0) is 13.9. The Morgan fingerprint density at radius 3 is 2.75 bits per heavy atom. The van der Waals surface area contributed by atoms with Crippen molar-refractivity contribution in [2.24, 2.45) is 10.1 Å². The lowest BCUT2D eigenvalue weighted by Gasteiger charge is -2.13. The molecule has 5 nitrogen and oxygen atoms in total. The van der Waals surface area contributed by atoms with Gasteiger partial charge in [0.2, 0.25) is 0 Å². The summed E-state index contributed by atoms with van der Waals surface area (Å²) in [5.41, 5.74) is 2.80. The van der Waals surface area contributed by atoms with Gasteiger partial charge in [0.1, 0.15) is 0 Å². The van der Waals surface area contributed by atoms with Crippen molar-refractivity contribution in [3.05, 3.63) is 29.8 Å². The van der Waals surface area contributed by atoms with Crippen molar-refractivity contribution in [2.75, 3.05) is 23.9 Å². The summed E-state index contributed by atoms with van der Waals surface area (Å²) >= 11 is 1.58. The molecule has 2 aliphatic heterocycles. The SMILES string of the molecule is CC1=NN(c2ccc(C(=O)NC3=NCCS3)cc2)CC1. The van der Waals surface area contributed by atoms with Gasteiger partial charge in [-0.15, -0.1) is 0 Å². The number of aliphatic imine (C=N–C) groups is 1. The Labute approximate surface area is 122 Å². The van der Waals surface area contributed by atoms with Gasteiger partial charge in [-0.1, -0.05) is 11.8 Å². The fraction of sp³-hybridized carbons (Fsp3) is 0.357. The number of hydrazone groups is 1. The van der Waals surface area contributed by atoms with E-state index in [1.807, 2.05) is 36.2 Å². The highest BCUT2D eigenvalue weighted by atomic mass is 32.2. The fourth-order valence-electron chi connectivity index (χ4n) is 2.13. The highest BCUT2D eigenvalue weighted by Crippen LogP contribution is 2.20. The molecule has 0 fully saturated rings. The van der Waals surface area contributed by atoms with Gasteiger partial charge in [0, 0.05) is 30.0 Å². The van der Waals surface area contributed by atoms with Gasteiger partial charge >= 0.3 is 0 Å². The number of hydrogen-bond donors (Lipinski definition) is 1. The summed E-state index contributed by atoms with van der Waals surface area (Å²) in [4.78, 5) is 16.3. The Balaban J connectivity index is 1.68. The van der Waals surface area contributed by atoms with Crippen LogP contribution in [0.2, 0.25) is 0 Å². The number of carbonyl (C=O) groups is 1. The third-order valence-corrected chi connectivity index (χ3v) is 4.10. The van der Waals surface area contributed by atoms with Crippen molar-refractivity contribution in [1.29, 1.82) is 0 Å². The van der Waals surface area contributed by atoms with Crippen LogP contribution in [0.25, 0.3) is 0 Å². The molecule has 6 heteroatoms. The van der Waals surface area contributed by atoms with E-state index >= 15 is 0 Å². The second-order valence-corrected chi connectivity index (χ2v) is 5.83. The Bertz CT molecular complexity index is 579. The summed E-state index contributed by atoms with van der Waals surface area (Å²) in [6, 6.07) is 7.52. The Morgan fingerprint density at radius 2 is 2.15 bits per heavy atom.